The first kappa shape index (κ1) is 18.9. The molecule has 4 aromatic rings. The third-order valence-corrected chi connectivity index (χ3v) is 5.91. The van der Waals surface area contributed by atoms with Gasteiger partial charge in [-0.1, -0.05) is 103 Å². The van der Waals surface area contributed by atoms with Crippen LogP contribution in [0.2, 0.25) is 10.4 Å². The minimum atomic E-state index is -0.650. The monoisotopic (exact) mass is 432 g/mol. The van der Waals surface area contributed by atoms with Gasteiger partial charge in [-0.2, -0.15) is 4.98 Å². The van der Waals surface area contributed by atoms with Crippen LogP contribution in [0.4, 0.5) is 11.5 Å². The lowest BCUT2D eigenvalue weighted by molar-refractivity contribution is 0.578. The fourth-order valence-corrected chi connectivity index (χ4v) is 4.70. The molecule has 0 spiro atoms. The predicted molar refractivity (Wildman–Crippen MR) is 122 cm³/mol. The van der Waals surface area contributed by atoms with Crippen LogP contribution in [-0.4, -0.2) is 16.6 Å². The van der Waals surface area contributed by atoms with Crippen LogP contribution in [0.1, 0.15) is 16.7 Å². The summed E-state index contributed by atoms with van der Waals surface area (Å²) in [6.07, 6.45) is 0. The molecule has 4 nitrogen and oxygen atoms in total. The molecule has 1 aliphatic rings. The highest BCUT2D eigenvalue weighted by atomic mass is 35.5. The SMILES string of the molecule is Clc1nc(Cl)c2c(n1)N(C(c1ccccc1)(c1ccccc1)c1ccccc1)CN2. The molecule has 2 heterocycles. The molecule has 0 fully saturated rings. The highest BCUT2D eigenvalue weighted by molar-refractivity contribution is 6.34. The Morgan fingerprint density at radius 1 is 0.700 bits per heavy atom. The molecule has 148 valence electrons. The van der Waals surface area contributed by atoms with Gasteiger partial charge in [0.1, 0.15) is 11.2 Å². The van der Waals surface area contributed by atoms with Crippen molar-refractivity contribution < 1.29 is 0 Å². The van der Waals surface area contributed by atoms with Crippen molar-refractivity contribution >= 4 is 34.7 Å². The zero-order chi connectivity index (χ0) is 20.6. The van der Waals surface area contributed by atoms with Gasteiger partial charge in [0, 0.05) is 0 Å². The molecule has 6 heteroatoms. The Morgan fingerprint density at radius 2 is 1.17 bits per heavy atom. The van der Waals surface area contributed by atoms with E-state index in [0.717, 1.165) is 16.7 Å². The van der Waals surface area contributed by atoms with E-state index in [0.29, 0.717) is 23.3 Å². The fourth-order valence-electron chi connectivity index (χ4n) is 4.26. The molecule has 5 rings (SSSR count). The van der Waals surface area contributed by atoms with Crippen molar-refractivity contribution in [3.8, 4) is 0 Å². The Balaban J connectivity index is 1.88. The van der Waals surface area contributed by atoms with Crippen molar-refractivity contribution in [2.24, 2.45) is 0 Å². The van der Waals surface area contributed by atoms with Crippen molar-refractivity contribution in [2.75, 3.05) is 16.9 Å². The van der Waals surface area contributed by atoms with Gasteiger partial charge in [-0.25, -0.2) is 4.98 Å². The molecule has 0 unspecified atom stereocenters. The lowest BCUT2D eigenvalue weighted by Gasteiger charge is -2.44. The van der Waals surface area contributed by atoms with Crippen molar-refractivity contribution in [1.29, 1.82) is 0 Å². The van der Waals surface area contributed by atoms with Crippen LogP contribution in [0.3, 0.4) is 0 Å². The maximum Gasteiger partial charge on any atom is 0.225 e. The Labute approximate surface area is 185 Å². The van der Waals surface area contributed by atoms with Crippen molar-refractivity contribution in [1.82, 2.24) is 9.97 Å². The number of nitrogens with zero attached hydrogens (tertiary/aromatic N) is 3. The van der Waals surface area contributed by atoms with Crippen LogP contribution in [-0.2, 0) is 5.54 Å². The number of halogens is 2. The first-order chi connectivity index (χ1) is 14.7. The van der Waals surface area contributed by atoms with E-state index in [-0.39, 0.29) is 5.28 Å². The molecular formula is C24H18Cl2N4. The van der Waals surface area contributed by atoms with Crippen molar-refractivity contribution in [3.05, 3.63) is 118 Å². The molecule has 30 heavy (non-hydrogen) atoms. The van der Waals surface area contributed by atoms with Crippen LogP contribution in [0, 0.1) is 0 Å². The molecule has 0 saturated heterocycles. The van der Waals surface area contributed by atoms with E-state index in [1.54, 1.807) is 0 Å². The molecule has 0 bridgehead atoms. The van der Waals surface area contributed by atoms with Crippen molar-refractivity contribution in [3.63, 3.8) is 0 Å². The summed E-state index contributed by atoms with van der Waals surface area (Å²) in [5.74, 6) is 0.677. The van der Waals surface area contributed by atoms with Gasteiger partial charge in [-0.15, -0.1) is 0 Å². The van der Waals surface area contributed by atoms with Crippen LogP contribution in [0.25, 0.3) is 0 Å². The molecule has 0 radical (unpaired) electrons. The number of anilines is 2. The molecule has 0 atom stereocenters. The summed E-state index contributed by atoms with van der Waals surface area (Å²) in [5.41, 5.74) is 3.38. The van der Waals surface area contributed by atoms with E-state index in [1.807, 2.05) is 18.2 Å². The molecule has 0 aliphatic carbocycles. The molecule has 3 aromatic carbocycles. The molecule has 1 N–H and O–H groups in total. The molecule has 0 amide bonds. The van der Waals surface area contributed by atoms with Gasteiger partial charge in [-0.05, 0) is 28.3 Å². The highest BCUT2D eigenvalue weighted by Gasteiger charge is 2.46. The van der Waals surface area contributed by atoms with Crippen LogP contribution >= 0.6 is 23.2 Å². The summed E-state index contributed by atoms with van der Waals surface area (Å²) in [7, 11) is 0. The Hall–Kier alpha value is -3.08. The summed E-state index contributed by atoms with van der Waals surface area (Å²) in [4.78, 5) is 10.9. The topological polar surface area (TPSA) is 41.1 Å². The van der Waals surface area contributed by atoms with Gasteiger partial charge in [-0.3, -0.25) is 0 Å². The number of nitrogens with one attached hydrogen (secondary N) is 1. The summed E-state index contributed by atoms with van der Waals surface area (Å²) in [6.45, 7) is 0.503. The zero-order valence-electron chi connectivity index (χ0n) is 16.0. The summed E-state index contributed by atoms with van der Waals surface area (Å²) < 4.78 is 0. The van der Waals surface area contributed by atoms with Gasteiger partial charge >= 0.3 is 0 Å². The first-order valence-corrected chi connectivity index (χ1v) is 10.4. The third-order valence-electron chi connectivity index (χ3n) is 5.47. The summed E-state index contributed by atoms with van der Waals surface area (Å²) in [5, 5.41) is 3.81. The maximum absolute atomic E-state index is 6.40. The molecule has 1 aliphatic heterocycles. The first-order valence-electron chi connectivity index (χ1n) is 9.62. The lowest BCUT2D eigenvalue weighted by Crippen LogP contribution is -2.48. The Morgan fingerprint density at radius 3 is 1.63 bits per heavy atom. The number of hydrogen-bond acceptors (Lipinski definition) is 4. The second-order valence-corrected chi connectivity index (χ2v) is 7.75. The minimum Gasteiger partial charge on any atom is -0.362 e. The largest absolute Gasteiger partial charge is 0.362 e. The van der Waals surface area contributed by atoms with E-state index < -0.39 is 5.54 Å². The normalized spacial score (nSPS) is 13.1. The van der Waals surface area contributed by atoms with E-state index in [4.69, 9.17) is 23.2 Å². The lowest BCUT2D eigenvalue weighted by atomic mass is 9.75. The number of hydrogen-bond donors (Lipinski definition) is 1. The van der Waals surface area contributed by atoms with Gasteiger partial charge < -0.3 is 10.2 Å². The molecular weight excluding hydrogens is 415 g/mol. The van der Waals surface area contributed by atoms with Crippen LogP contribution in [0.15, 0.2) is 91.0 Å². The minimum absolute atomic E-state index is 0.121. The second-order valence-electron chi connectivity index (χ2n) is 7.05. The smallest absolute Gasteiger partial charge is 0.225 e. The van der Waals surface area contributed by atoms with Crippen LogP contribution in [0.5, 0.6) is 0 Å². The number of fused-ring (bicyclic) bond motifs is 1. The third kappa shape index (κ3) is 2.92. The standard InChI is InChI=1S/C24H18Cl2N4/c25-21-20-22(29-23(26)28-21)30(16-27-20)24(17-10-4-1-5-11-17,18-12-6-2-7-13-18)19-14-8-3-9-15-19/h1-15,27H,16H2. The average molecular weight is 433 g/mol. The Kier molecular flexibility index (Phi) is 4.81. The Bertz CT molecular complexity index is 1070. The highest BCUT2D eigenvalue weighted by Crippen LogP contribution is 2.49. The van der Waals surface area contributed by atoms with Gasteiger partial charge in [0.05, 0.1) is 6.67 Å². The van der Waals surface area contributed by atoms with Gasteiger partial charge in [0.2, 0.25) is 5.28 Å². The van der Waals surface area contributed by atoms with Crippen LogP contribution < -0.4 is 10.2 Å². The summed E-state index contributed by atoms with van der Waals surface area (Å²) in [6, 6.07) is 31.3. The van der Waals surface area contributed by atoms with Gasteiger partial charge in [0.15, 0.2) is 11.0 Å². The number of rotatable bonds is 4. The summed E-state index contributed by atoms with van der Waals surface area (Å²) >= 11 is 12.6. The van der Waals surface area contributed by atoms with E-state index in [2.05, 4.69) is 93.0 Å². The van der Waals surface area contributed by atoms with E-state index in [1.165, 1.54) is 0 Å². The second kappa shape index (κ2) is 7.63. The fraction of sp³-hybridized carbons (Fsp3) is 0.0833. The molecule has 1 aromatic heterocycles. The molecule has 0 saturated carbocycles. The predicted octanol–water partition coefficient (Wildman–Crippen LogP) is 5.96. The maximum atomic E-state index is 6.40. The van der Waals surface area contributed by atoms with Crippen molar-refractivity contribution in [2.45, 2.75) is 5.54 Å². The quantitative estimate of drug-likeness (QED) is 0.245. The van der Waals surface area contributed by atoms with E-state index in [9.17, 15) is 0 Å². The van der Waals surface area contributed by atoms with Gasteiger partial charge in [0.25, 0.3) is 0 Å². The zero-order valence-corrected chi connectivity index (χ0v) is 17.5. The van der Waals surface area contributed by atoms with E-state index >= 15 is 0 Å². The average Bonchev–Trinajstić information content (AvgIpc) is 3.21. The number of aromatic nitrogens is 2. The number of benzene rings is 3.